The Morgan fingerprint density at radius 3 is 2.40 bits per heavy atom. The summed E-state index contributed by atoms with van der Waals surface area (Å²) in [6, 6.07) is 11.0. The number of rotatable bonds is 7. The molecular weight excluding hydrogens is 570 g/mol. The lowest BCUT2D eigenvalue weighted by molar-refractivity contribution is -0.388. The Kier molecular flexibility index (Phi) is 8.72. The highest BCUT2D eigenvalue weighted by molar-refractivity contribution is 5.81. The van der Waals surface area contributed by atoms with Crippen LogP contribution in [0.3, 0.4) is 0 Å². The lowest BCUT2D eigenvalue weighted by Gasteiger charge is -2.45. The van der Waals surface area contributed by atoms with Crippen LogP contribution in [0.1, 0.15) is 45.1 Å². The molecular formula is C30H33F4N5O4. The fourth-order valence-corrected chi connectivity index (χ4v) is 6.11. The molecule has 1 unspecified atom stereocenters. The van der Waals surface area contributed by atoms with Crippen LogP contribution >= 0.6 is 0 Å². The first-order valence-electron chi connectivity index (χ1n) is 14.2. The molecule has 2 aliphatic rings. The summed E-state index contributed by atoms with van der Waals surface area (Å²) < 4.78 is 59.4. The standard InChI is InChI=1S/C30H33F4N5O4/c1-18-15-37(16-19(2)38(18)28-12-3-20-13-21(31)4-10-26(20)36-28)29(40)17-43-24-8-5-22(6-9-24)35-23-7-11-27(39(41)42)25(14-23)30(32,33)34/h3-4,7,10-14,18-19,22,24,35H,5-6,8-9,15-17H2,1-2H3/t18-,19?,22?,24?/m0/s1. The van der Waals surface area contributed by atoms with Gasteiger partial charge >= 0.3 is 6.18 Å². The first-order chi connectivity index (χ1) is 20.4. The lowest BCUT2D eigenvalue weighted by Crippen LogP contribution is -2.59. The van der Waals surface area contributed by atoms with E-state index >= 15 is 0 Å². The van der Waals surface area contributed by atoms with Crippen molar-refractivity contribution < 1.29 is 32.0 Å². The predicted molar refractivity (Wildman–Crippen MR) is 153 cm³/mol. The van der Waals surface area contributed by atoms with Crippen molar-refractivity contribution in [1.82, 2.24) is 9.88 Å². The number of nitro benzene ring substituents is 1. The van der Waals surface area contributed by atoms with E-state index in [1.807, 2.05) is 26.0 Å². The Bertz CT molecular complexity index is 1480. The van der Waals surface area contributed by atoms with Crippen LogP contribution in [0.15, 0.2) is 48.5 Å². The molecule has 9 nitrogen and oxygen atoms in total. The maximum Gasteiger partial charge on any atom is 0.423 e. The van der Waals surface area contributed by atoms with Crippen molar-refractivity contribution in [3.05, 3.63) is 70.0 Å². The molecule has 1 aliphatic carbocycles. The van der Waals surface area contributed by atoms with E-state index in [0.717, 1.165) is 23.3 Å². The number of hydrogen-bond acceptors (Lipinski definition) is 7. The Morgan fingerprint density at radius 1 is 1.05 bits per heavy atom. The molecule has 2 fully saturated rings. The van der Waals surface area contributed by atoms with Crippen molar-refractivity contribution in [3.63, 3.8) is 0 Å². The molecule has 2 heterocycles. The van der Waals surface area contributed by atoms with Crippen LogP contribution in [0.4, 0.5) is 34.8 Å². The average molecular weight is 604 g/mol. The summed E-state index contributed by atoms with van der Waals surface area (Å²) in [5.74, 6) is 0.357. The van der Waals surface area contributed by atoms with E-state index in [9.17, 15) is 32.5 Å². The smallest absolute Gasteiger partial charge is 0.382 e. The topological polar surface area (TPSA) is 101 Å². The first kappa shape index (κ1) is 30.5. The number of alkyl halides is 3. The molecule has 1 saturated carbocycles. The second-order valence-corrected chi connectivity index (χ2v) is 11.3. The molecule has 2 aromatic carbocycles. The van der Waals surface area contributed by atoms with Gasteiger partial charge in [-0.25, -0.2) is 9.37 Å². The molecule has 43 heavy (non-hydrogen) atoms. The molecule has 230 valence electrons. The van der Waals surface area contributed by atoms with E-state index in [0.29, 0.717) is 44.3 Å². The van der Waals surface area contributed by atoms with Crippen LogP contribution in [-0.2, 0) is 15.7 Å². The second kappa shape index (κ2) is 12.3. The molecule has 2 atom stereocenters. The minimum atomic E-state index is -4.84. The number of aromatic nitrogens is 1. The van der Waals surface area contributed by atoms with Gasteiger partial charge in [0.15, 0.2) is 0 Å². The summed E-state index contributed by atoms with van der Waals surface area (Å²) in [6.45, 7) is 5.01. The number of hydrogen-bond donors (Lipinski definition) is 1. The van der Waals surface area contributed by atoms with Crippen LogP contribution in [-0.4, -0.2) is 64.6 Å². The van der Waals surface area contributed by atoms with Gasteiger partial charge < -0.3 is 19.9 Å². The van der Waals surface area contributed by atoms with Crippen LogP contribution in [0.2, 0.25) is 0 Å². The number of halogens is 4. The molecule has 1 aromatic heterocycles. The quantitative estimate of drug-likeness (QED) is 0.196. The second-order valence-electron chi connectivity index (χ2n) is 11.3. The monoisotopic (exact) mass is 603 g/mol. The van der Waals surface area contributed by atoms with Crippen LogP contribution in [0.5, 0.6) is 0 Å². The maximum absolute atomic E-state index is 13.6. The minimum Gasteiger partial charge on any atom is -0.382 e. The number of nitrogens with one attached hydrogen (secondary N) is 1. The summed E-state index contributed by atoms with van der Waals surface area (Å²) in [4.78, 5) is 31.7. The number of ether oxygens (including phenoxy) is 1. The number of nitrogens with zero attached hydrogens (tertiary/aromatic N) is 4. The normalized spacial score (nSPS) is 22.9. The zero-order chi connectivity index (χ0) is 30.9. The zero-order valence-electron chi connectivity index (χ0n) is 23.8. The highest BCUT2D eigenvalue weighted by Gasteiger charge is 2.39. The van der Waals surface area contributed by atoms with Gasteiger partial charge in [-0.05, 0) is 82.0 Å². The summed E-state index contributed by atoms with van der Waals surface area (Å²) >= 11 is 0. The third-order valence-electron chi connectivity index (χ3n) is 8.16. The molecule has 1 aliphatic heterocycles. The number of anilines is 2. The molecule has 1 saturated heterocycles. The predicted octanol–water partition coefficient (Wildman–Crippen LogP) is 6.17. The largest absolute Gasteiger partial charge is 0.423 e. The number of pyridine rings is 1. The number of piperazine rings is 1. The van der Waals surface area contributed by atoms with E-state index in [4.69, 9.17) is 9.72 Å². The summed E-state index contributed by atoms with van der Waals surface area (Å²) in [6.07, 6.45) is -2.49. The molecule has 0 radical (unpaired) electrons. The average Bonchev–Trinajstić information content (AvgIpc) is 2.95. The van der Waals surface area contributed by atoms with Crippen molar-refractivity contribution in [1.29, 1.82) is 0 Å². The van der Waals surface area contributed by atoms with Gasteiger partial charge in [-0.15, -0.1) is 0 Å². The SMILES string of the molecule is CC1CN(C(=O)COC2CCC(Nc3ccc([N+](=O)[O-])c(C(F)(F)F)c3)CC2)C[C@H](C)N1c1ccc2cc(F)ccc2n1. The molecule has 1 N–H and O–H groups in total. The third kappa shape index (κ3) is 6.98. The fraction of sp³-hybridized carbons (Fsp3) is 0.467. The van der Waals surface area contributed by atoms with E-state index < -0.39 is 22.4 Å². The minimum absolute atomic E-state index is 0.00288. The molecule has 0 bridgehead atoms. The Hall–Kier alpha value is -4.00. The van der Waals surface area contributed by atoms with Gasteiger partial charge in [0.1, 0.15) is 23.8 Å². The molecule has 0 spiro atoms. The van der Waals surface area contributed by atoms with Crippen molar-refractivity contribution in [3.8, 4) is 0 Å². The van der Waals surface area contributed by atoms with Crippen LogP contribution in [0, 0.1) is 15.9 Å². The van der Waals surface area contributed by atoms with Crippen molar-refractivity contribution in [2.75, 3.05) is 29.9 Å². The Labute approximate surface area is 246 Å². The van der Waals surface area contributed by atoms with Gasteiger partial charge in [0, 0.05) is 48.4 Å². The van der Waals surface area contributed by atoms with Crippen molar-refractivity contribution in [2.45, 2.75) is 69.9 Å². The van der Waals surface area contributed by atoms with Gasteiger partial charge in [-0.1, -0.05) is 0 Å². The van der Waals surface area contributed by atoms with Gasteiger partial charge in [-0.2, -0.15) is 13.2 Å². The third-order valence-corrected chi connectivity index (χ3v) is 8.16. The Balaban J connectivity index is 1.10. The number of fused-ring (bicyclic) bond motifs is 1. The molecule has 3 aromatic rings. The van der Waals surface area contributed by atoms with E-state index in [1.54, 1.807) is 11.0 Å². The lowest BCUT2D eigenvalue weighted by atomic mass is 9.92. The molecule has 1 amide bonds. The Morgan fingerprint density at radius 2 is 1.74 bits per heavy atom. The van der Waals surface area contributed by atoms with Gasteiger partial charge in [0.2, 0.25) is 5.91 Å². The molecule has 5 rings (SSSR count). The summed E-state index contributed by atoms with van der Waals surface area (Å²) in [5.41, 5.74) is -1.39. The van der Waals surface area contributed by atoms with E-state index in [-0.39, 0.29) is 48.2 Å². The van der Waals surface area contributed by atoms with E-state index in [1.165, 1.54) is 18.2 Å². The number of benzene rings is 2. The van der Waals surface area contributed by atoms with Gasteiger partial charge in [-0.3, -0.25) is 14.9 Å². The zero-order valence-corrected chi connectivity index (χ0v) is 23.8. The highest BCUT2D eigenvalue weighted by atomic mass is 19.4. The van der Waals surface area contributed by atoms with Crippen molar-refractivity contribution in [2.24, 2.45) is 0 Å². The van der Waals surface area contributed by atoms with Crippen molar-refractivity contribution >= 4 is 34.0 Å². The fourth-order valence-electron chi connectivity index (χ4n) is 6.11. The van der Waals surface area contributed by atoms with E-state index in [2.05, 4.69) is 10.2 Å². The highest BCUT2D eigenvalue weighted by Crippen LogP contribution is 2.38. The number of nitro groups is 1. The van der Waals surface area contributed by atoms with Crippen LogP contribution < -0.4 is 10.2 Å². The van der Waals surface area contributed by atoms with Crippen LogP contribution in [0.25, 0.3) is 10.9 Å². The molecule has 13 heteroatoms. The summed E-state index contributed by atoms with van der Waals surface area (Å²) in [7, 11) is 0. The van der Waals surface area contributed by atoms with Gasteiger partial charge in [0.25, 0.3) is 5.69 Å². The van der Waals surface area contributed by atoms with Gasteiger partial charge in [0.05, 0.1) is 16.5 Å². The number of carbonyl (C=O) groups is 1. The summed E-state index contributed by atoms with van der Waals surface area (Å²) in [5, 5.41) is 14.8. The maximum atomic E-state index is 13.6. The first-order valence-corrected chi connectivity index (χ1v) is 14.2. The number of amides is 1. The number of carbonyl (C=O) groups excluding carboxylic acids is 1.